The second-order valence-corrected chi connectivity index (χ2v) is 7.16. The zero-order valence-corrected chi connectivity index (χ0v) is 14.9. The fourth-order valence-corrected chi connectivity index (χ4v) is 2.71. The molecule has 1 unspecified atom stereocenters. The van der Waals surface area contributed by atoms with Crippen LogP contribution >= 0.6 is 0 Å². The smallest absolute Gasteiger partial charge is 0.273 e. The first-order valence-electron chi connectivity index (χ1n) is 8.52. The third-order valence-electron chi connectivity index (χ3n) is 4.03. The molecule has 0 bridgehead atoms. The van der Waals surface area contributed by atoms with E-state index in [1.165, 1.54) is 0 Å². The molecule has 6 heteroatoms. The van der Waals surface area contributed by atoms with Crippen LogP contribution in [-0.2, 0) is 11.3 Å². The standard InChI is InChI=1S/C19H24N2O4/c1-19(2,3)24-12-14-10-16(21-25-14)18(22)20-11-13-8-9-23-17-7-5-4-6-15(13)17/h4-7,10,13H,8-9,11-12H2,1-3H3,(H,20,22). The minimum absolute atomic E-state index is 0.240. The van der Waals surface area contributed by atoms with E-state index in [2.05, 4.69) is 10.5 Å². The highest BCUT2D eigenvalue weighted by Crippen LogP contribution is 2.32. The van der Waals surface area contributed by atoms with Gasteiger partial charge in [-0.2, -0.15) is 0 Å². The van der Waals surface area contributed by atoms with Crippen LogP contribution in [0.25, 0.3) is 0 Å². The Morgan fingerprint density at radius 1 is 1.36 bits per heavy atom. The average molecular weight is 344 g/mol. The van der Waals surface area contributed by atoms with Gasteiger partial charge in [0.2, 0.25) is 0 Å². The van der Waals surface area contributed by atoms with Crippen molar-refractivity contribution in [2.24, 2.45) is 0 Å². The van der Waals surface area contributed by atoms with Crippen LogP contribution in [0.1, 0.15) is 54.9 Å². The molecule has 1 amide bonds. The fraction of sp³-hybridized carbons (Fsp3) is 0.474. The molecule has 1 atom stereocenters. The number of nitrogens with one attached hydrogen (secondary N) is 1. The van der Waals surface area contributed by atoms with Crippen molar-refractivity contribution < 1.29 is 18.8 Å². The van der Waals surface area contributed by atoms with Crippen molar-refractivity contribution in [1.82, 2.24) is 10.5 Å². The van der Waals surface area contributed by atoms with E-state index in [-0.39, 0.29) is 29.7 Å². The first kappa shape index (κ1) is 17.5. The van der Waals surface area contributed by atoms with Gasteiger partial charge in [-0.25, -0.2) is 0 Å². The lowest BCUT2D eigenvalue weighted by Crippen LogP contribution is -2.30. The van der Waals surface area contributed by atoms with Crippen LogP contribution in [0.2, 0.25) is 0 Å². The number of carbonyl (C=O) groups is 1. The molecular formula is C19H24N2O4. The van der Waals surface area contributed by atoms with Gasteiger partial charge in [-0.05, 0) is 38.8 Å². The van der Waals surface area contributed by atoms with E-state index in [4.69, 9.17) is 14.0 Å². The van der Waals surface area contributed by atoms with E-state index >= 15 is 0 Å². The summed E-state index contributed by atoms with van der Waals surface area (Å²) in [7, 11) is 0. The number of para-hydroxylation sites is 1. The molecule has 0 radical (unpaired) electrons. The van der Waals surface area contributed by atoms with Crippen LogP contribution < -0.4 is 10.1 Å². The summed E-state index contributed by atoms with van der Waals surface area (Å²) in [5, 5.41) is 6.77. The molecule has 2 aromatic rings. The Morgan fingerprint density at radius 2 is 2.16 bits per heavy atom. The maximum absolute atomic E-state index is 12.3. The minimum Gasteiger partial charge on any atom is -0.493 e. The van der Waals surface area contributed by atoms with Gasteiger partial charge < -0.3 is 19.3 Å². The highest BCUT2D eigenvalue weighted by atomic mass is 16.5. The van der Waals surface area contributed by atoms with E-state index < -0.39 is 0 Å². The molecule has 0 aliphatic carbocycles. The lowest BCUT2D eigenvalue weighted by Gasteiger charge is -2.25. The summed E-state index contributed by atoms with van der Waals surface area (Å²) in [6.45, 7) is 7.38. The van der Waals surface area contributed by atoms with Gasteiger partial charge in [0.15, 0.2) is 11.5 Å². The van der Waals surface area contributed by atoms with Crippen molar-refractivity contribution in [3.63, 3.8) is 0 Å². The normalized spacial score (nSPS) is 16.8. The fourth-order valence-electron chi connectivity index (χ4n) is 2.71. The zero-order chi connectivity index (χ0) is 17.9. The molecule has 134 valence electrons. The summed E-state index contributed by atoms with van der Waals surface area (Å²) in [4.78, 5) is 12.3. The maximum atomic E-state index is 12.3. The Kier molecular flexibility index (Phi) is 5.08. The Morgan fingerprint density at radius 3 is 2.96 bits per heavy atom. The van der Waals surface area contributed by atoms with E-state index in [1.807, 2.05) is 45.0 Å². The van der Waals surface area contributed by atoms with Gasteiger partial charge in [0, 0.05) is 18.5 Å². The number of hydrogen-bond donors (Lipinski definition) is 1. The van der Waals surface area contributed by atoms with Crippen molar-refractivity contribution in [3.05, 3.63) is 47.3 Å². The molecule has 1 N–H and O–H groups in total. The Balaban J connectivity index is 1.56. The predicted octanol–water partition coefficient (Wildman–Crippen LogP) is 3.29. The molecule has 0 saturated carbocycles. The van der Waals surface area contributed by atoms with E-state index in [0.717, 1.165) is 17.7 Å². The molecule has 3 rings (SSSR count). The minimum atomic E-state index is -0.272. The number of fused-ring (bicyclic) bond motifs is 1. The van der Waals surface area contributed by atoms with Gasteiger partial charge in [-0.15, -0.1) is 0 Å². The summed E-state index contributed by atoms with van der Waals surface area (Å²) in [5.74, 6) is 1.44. The second-order valence-electron chi connectivity index (χ2n) is 7.16. The topological polar surface area (TPSA) is 73.6 Å². The quantitative estimate of drug-likeness (QED) is 0.901. The first-order chi connectivity index (χ1) is 11.9. The second kappa shape index (κ2) is 7.27. The summed E-state index contributed by atoms with van der Waals surface area (Å²) >= 11 is 0. The van der Waals surface area contributed by atoms with Crippen LogP contribution in [-0.4, -0.2) is 29.8 Å². The van der Waals surface area contributed by atoms with Crippen LogP contribution in [0.4, 0.5) is 0 Å². The SMILES string of the molecule is CC(C)(C)OCc1cc(C(=O)NCC2CCOc3ccccc32)no1. The lowest BCUT2D eigenvalue weighted by molar-refractivity contribution is -0.0241. The molecule has 25 heavy (non-hydrogen) atoms. The van der Waals surface area contributed by atoms with Crippen LogP contribution in [0.5, 0.6) is 5.75 Å². The molecule has 1 aromatic carbocycles. The van der Waals surface area contributed by atoms with Crippen LogP contribution in [0.15, 0.2) is 34.9 Å². The molecule has 0 spiro atoms. The lowest BCUT2D eigenvalue weighted by atomic mass is 9.93. The van der Waals surface area contributed by atoms with Gasteiger partial charge >= 0.3 is 0 Å². The van der Waals surface area contributed by atoms with Gasteiger partial charge in [-0.3, -0.25) is 4.79 Å². The van der Waals surface area contributed by atoms with Crippen molar-refractivity contribution in [1.29, 1.82) is 0 Å². The largest absolute Gasteiger partial charge is 0.493 e. The first-order valence-corrected chi connectivity index (χ1v) is 8.52. The summed E-state index contributed by atoms with van der Waals surface area (Å²) in [5.41, 5.74) is 1.13. The van der Waals surface area contributed by atoms with E-state index in [9.17, 15) is 4.79 Å². The highest BCUT2D eigenvalue weighted by Gasteiger charge is 2.22. The molecule has 6 nitrogen and oxygen atoms in total. The number of carbonyl (C=O) groups excluding carboxylic acids is 1. The molecule has 1 aliphatic heterocycles. The van der Waals surface area contributed by atoms with Crippen molar-refractivity contribution in [3.8, 4) is 5.75 Å². The molecule has 1 aromatic heterocycles. The van der Waals surface area contributed by atoms with Gasteiger partial charge in [0.25, 0.3) is 5.91 Å². The number of rotatable bonds is 5. The zero-order valence-electron chi connectivity index (χ0n) is 14.9. The van der Waals surface area contributed by atoms with Crippen molar-refractivity contribution in [2.75, 3.05) is 13.2 Å². The van der Waals surface area contributed by atoms with Crippen LogP contribution in [0, 0.1) is 0 Å². The van der Waals surface area contributed by atoms with Crippen molar-refractivity contribution >= 4 is 5.91 Å². The number of aromatic nitrogens is 1. The van der Waals surface area contributed by atoms with E-state index in [0.29, 0.717) is 18.9 Å². The number of nitrogens with zero attached hydrogens (tertiary/aromatic N) is 1. The molecule has 2 heterocycles. The Bertz CT molecular complexity index is 733. The average Bonchev–Trinajstić information content (AvgIpc) is 3.06. The monoisotopic (exact) mass is 344 g/mol. The third kappa shape index (κ3) is 4.60. The molecule has 0 fully saturated rings. The summed E-state index contributed by atoms with van der Waals surface area (Å²) in [6, 6.07) is 9.57. The number of benzene rings is 1. The van der Waals surface area contributed by atoms with Crippen molar-refractivity contribution in [2.45, 2.75) is 45.3 Å². The number of hydrogen-bond acceptors (Lipinski definition) is 5. The van der Waals surface area contributed by atoms with Gasteiger partial charge in [0.1, 0.15) is 12.4 Å². The molecular weight excluding hydrogens is 320 g/mol. The summed E-state index contributed by atoms with van der Waals surface area (Å²) < 4.78 is 16.4. The Hall–Kier alpha value is -2.34. The highest BCUT2D eigenvalue weighted by molar-refractivity contribution is 5.92. The van der Waals surface area contributed by atoms with Gasteiger partial charge in [0.05, 0.1) is 12.2 Å². The third-order valence-corrected chi connectivity index (χ3v) is 4.03. The molecule has 1 aliphatic rings. The molecule has 0 saturated heterocycles. The number of ether oxygens (including phenoxy) is 2. The van der Waals surface area contributed by atoms with Crippen LogP contribution in [0.3, 0.4) is 0 Å². The predicted molar refractivity (Wildman–Crippen MR) is 92.7 cm³/mol. The Labute approximate surface area is 147 Å². The van der Waals surface area contributed by atoms with E-state index in [1.54, 1.807) is 6.07 Å². The van der Waals surface area contributed by atoms with Gasteiger partial charge in [-0.1, -0.05) is 23.4 Å². The summed E-state index contributed by atoms with van der Waals surface area (Å²) in [6.07, 6.45) is 0.876. The number of amides is 1. The maximum Gasteiger partial charge on any atom is 0.273 e.